The van der Waals surface area contributed by atoms with Crippen LogP contribution in [0.5, 0.6) is 0 Å². The first-order valence-corrected chi connectivity index (χ1v) is 18.7. The lowest BCUT2D eigenvalue weighted by Crippen LogP contribution is -2.67. The van der Waals surface area contributed by atoms with Crippen LogP contribution in [-0.2, 0) is 28.0 Å². The summed E-state index contributed by atoms with van der Waals surface area (Å²) in [6.45, 7) is 18.5. The van der Waals surface area contributed by atoms with Gasteiger partial charge < -0.3 is 9.72 Å². The maximum absolute atomic E-state index is 14.4. The van der Waals surface area contributed by atoms with E-state index < -0.39 is 0 Å². The van der Waals surface area contributed by atoms with Crippen LogP contribution in [0.2, 0.25) is 0 Å². The fourth-order valence-electron chi connectivity index (χ4n) is 13.9. The average molecular weight is 620 g/mol. The van der Waals surface area contributed by atoms with Gasteiger partial charge in [-0.25, -0.2) is 0 Å². The Morgan fingerprint density at radius 2 is 1.57 bits per heavy atom. The third-order valence-electron chi connectivity index (χ3n) is 16.1. The predicted octanol–water partition coefficient (Wildman–Crippen LogP) is 10.7. The zero-order chi connectivity index (χ0) is 32.3. The van der Waals surface area contributed by atoms with Crippen molar-refractivity contribution in [2.45, 2.75) is 118 Å². The molecule has 5 aliphatic rings. The minimum absolute atomic E-state index is 0.107. The molecule has 0 radical (unpaired) electrons. The number of fused-ring (bicyclic) bond motifs is 10. The van der Waals surface area contributed by atoms with Crippen molar-refractivity contribution < 1.29 is 9.53 Å². The van der Waals surface area contributed by atoms with Gasteiger partial charge >= 0.3 is 5.97 Å². The lowest BCUT2D eigenvalue weighted by molar-refractivity contribution is -0.231. The third-order valence-corrected chi connectivity index (χ3v) is 16.1. The molecule has 4 unspecified atom stereocenters. The van der Waals surface area contributed by atoms with Crippen LogP contribution >= 0.6 is 0 Å². The number of hydrogen-bond acceptors (Lipinski definition) is 2. The Morgan fingerprint density at radius 3 is 2.33 bits per heavy atom. The van der Waals surface area contributed by atoms with Crippen LogP contribution in [-0.4, -0.2) is 11.0 Å². The van der Waals surface area contributed by atoms with Crippen LogP contribution < -0.4 is 0 Å². The number of carbonyl (C=O) groups is 1. The molecular weight excluding hydrogens is 562 g/mol. The number of nitrogens with one attached hydrogen (secondary N) is 1. The topological polar surface area (TPSA) is 42.1 Å². The number of H-pyrrole nitrogens is 1. The number of ether oxygens (including phenoxy) is 1. The van der Waals surface area contributed by atoms with Crippen molar-refractivity contribution in [1.82, 2.24) is 4.98 Å². The first-order chi connectivity index (χ1) is 21.9. The highest BCUT2D eigenvalue weighted by molar-refractivity contribution is 5.85. The lowest BCUT2D eigenvalue weighted by atomic mass is 9.32. The SMILES string of the molecule is CC(C)[C@@H]1CC[C@]2(C(=O)OCc3ccccc3)CC[C@]3(C)C(CCC4[C@@]5(C)Cc6c([nH]c7ccccc67)C(C)(C)C5CC[C@]43C)C12. The summed E-state index contributed by atoms with van der Waals surface area (Å²) in [4.78, 5) is 18.3. The van der Waals surface area contributed by atoms with Gasteiger partial charge in [0.25, 0.3) is 0 Å². The number of aromatic amines is 1. The molecule has 1 N–H and O–H groups in total. The summed E-state index contributed by atoms with van der Waals surface area (Å²) in [5.41, 5.74) is 6.07. The van der Waals surface area contributed by atoms with Crippen LogP contribution in [0.4, 0.5) is 0 Å². The van der Waals surface area contributed by atoms with E-state index in [1.807, 2.05) is 18.2 Å². The Hall–Kier alpha value is -2.55. The molecule has 8 rings (SSSR count). The van der Waals surface area contributed by atoms with E-state index in [2.05, 4.69) is 89.8 Å². The van der Waals surface area contributed by atoms with E-state index >= 15 is 0 Å². The Bertz CT molecular complexity index is 1650. The molecule has 1 heterocycles. The van der Waals surface area contributed by atoms with Gasteiger partial charge in [0.1, 0.15) is 6.61 Å². The summed E-state index contributed by atoms with van der Waals surface area (Å²) in [7, 11) is 0. The highest BCUT2D eigenvalue weighted by Gasteiger charge is 2.72. The molecule has 4 fully saturated rings. The zero-order valence-electron chi connectivity index (χ0n) is 29.5. The van der Waals surface area contributed by atoms with E-state index in [-0.39, 0.29) is 33.0 Å². The fourth-order valence-corrected chi connectivity index (χ4v) is 13.9. The Labute approximate surface area is 277 Å². The summed E-state index contributed by atoms with van der Waals surface area (Å²) in [5, 5.41) is 1.44. The normalized spacial score (nSPS) is 40.8. The van der Waals surface area contributed by atoms with Crippen LogP contribution in [0.15, 0.2) is 54.6 Å². The van der Waals surface area contributed by atoms with E-state index in [9.17, 15) is 4.79 Å². The molecule has 0 amide bonds. The van der Waals surface area contributed by atoms with Crippen molar-refractivity contribution in [1.29, 1.82) is 0 Å². The molecule has 0 aliphatic heterocycles. The van der Waals surface area contributed by atoms with E-state index in [4.69, 9.17) is 4.74 Å². The summed E-state index contributed by atoms with van der Waals surface area (Å²) in [6.07, 6.45) is 10.7. The monoisotopic (exact) mass is 619 g/mol. The van der Waals surface area contributed by atoms with Crippen molar-refractivity contribution in [2.75, 3.05) is 0 Å². The second-order valence-electron chi connectivity index (χ2n) is 18.3. The van der Waals surface area contributed by atoms with Gasteiger partial charge in [-0.1, -0.05) is 97.0 Å². The van der Waals surface area contributed by atoms with Gasteiger partial charge in [-0.05, 0) is 127 Å². The predicted molar refractivity (Wildman–Crippen MR) is 187 cm³/mol. The number of esters is 1. The second-order valence-corrected chi connectivity index (χ2v) is 18.3. The average Bonchev–Trinajstić information content (AvgIpc) is 3.61. The molecular formula is C43H57NO2. The van der Waals surface area contributed by atoms with Crippen LogP contribution in [0, 0.1) is 57.2 Å². The molecule has 0 bridgehead atoms. The van der Waals surface area contributed by atoms with E-state index in [1.54, 1.807) is 5.56 Å². The molecule has 0 spiro atoms. The molecule has 1 aromatic heterocycles. The lowest BCUT2D eigenvalue weighted by Gasteiger charge is -2.72. The van der Waals surface area contributed by atoms with Crippen molar-refractivity contribution in [2.24, 2.45) is 57.2 Å². The standard InChI is InChI=1S/C43H57NO2/c1-27(2)29-19-22-43(38(45)46-26-28-13-9-8-10-14-28)24-23-41(6)32(36(29)43)17-18-35-40(5)25-31-30-15-11-12-16-33(30)44-37(31)39(3,4)34(40)20-21-42(35,41)7/h8-16,27,29,32,34-36,44H,17-26H2,1-7H3/t29-,32?,34?,35?,36?,40-,41+,42+,43-/m0/s1. The second kappa shape index (κ2) is 10.2. The van der Waals surface area contributed by atoms with E-state index in [0.717, 1.165) is 24.8 Å². The van der Waals surface area contributed by atoms with Gasteiger partial charge in [-0.2, -0.15) is 0 Å². The van der Waals surface area contributed by atoms with Crippen LogP contribution in [0.25, 0.3) is 10.9 Å². The molecule has 0 saturated heterocycles. The van der Waals surface area contributed by atoms with Crippen molar-refractivity contribution in [3.8, 4) is 0 Å². The van der Waals surface area contributed by atoms with Gasteiger partial charge in [-0.3, -0.25) is 4.79 Å². The molecule has 9 atom stereocenters. The molecule has 3 heteroatoms. The van der Waals surface area contributed by atoms with E-state index in [1.165, 1.54) is 55.1 Å². The van der Waals surface area contributed by atoms with Gasteiger partial charge in [-0.15, -0.1) is 0 Å². The third kappa shape index (κ3) is 3.93. The zero-order valence-corrected chi connectivity index (χ0v) is 29.5. The maximum atomic E-state index is 14.4. The van der Waals surface area contributed by atoms with Crippen molar-refractivity contribution in [3.63, 3.8) is 0 Å². The minimum Gasteiger partial charge on any atom is -0.460 e. The Kier molecular flexibility index (Phi) is 6.84. The number of rotatable bonds is 4. The largest absolute Gasteiger partial charge is 0.460 e. The van der Waals surface area contributed by atoms with Gasteiger partial charge in [0.05, 0.1) is 5.41 Å². The maximum Gasteiger partial charge on any atom is 0.312 e. The molecule has 4 saturated carbocycles. The molecule has 3 nitrogen and oxygen atoms in total. The highest BCUT2D eigenvalue weighted by atomic mass is 16.5. The first kappa shape index (κ1) is 30.8. The number of aromatic nitrogens is 1. The smallest absolute Gasteiger partial charge is 0.312 e. The number of para-hydroxylation sites is 1. The summed E-state index contributed by atoms with van der Waals surface area (Å²) in [6, 6.07) is 19.3. The summed E-state index contributed by atoms with van der Waals surface area (Å²) >= 11 is 0. The molecule has 3 aromatic rings. The number of carbonyl (C=O) groups excluding carboxylic acids is 1. The molecule has 5 aliphatic carbocycles. The minimum atomic E-state index is -0.316. The van der Waals surface area contributed by atoms with Crippen molar-refractivity contribution >= 4 is 16.9 Å². The Morgan fingerprint density at radius 1 is 0.826 bits per heavy atom. The first-order valence-electron chi connectivity index (χ1n) is 18.7. The number of benzene rings is 2. The fraction of sp³-hybridized carbons (Fsp3) is 0.651. The van der Waals surface area contributed by atoms with Gasteiger partial charge in [0.15, 0.2) is 0 Å². The van der Waals surface area contributed by atoms with Crippen LogP contribution in [0.1, 0.15) is 117 Å². The quantitative estimate of drug-likeness (QED) is 0.295. The van der Waals surface area contributed by atoms with Gasteiger partial charge in [0, 0.05) is 22.0 Å². The molecule has 46 heavy (non-hydrogen) atoms. The summed E-state index contributed by atoms with van der Waals surface area (Å²) < 4.78 is 6.27. The summed E-state index contributed by atoms with van der Waals surface area (Å²) in [5.74, 6) is 3.68. The van der Waals surface area contributed by atoms with E-state index in [0.29, 0.717) is 42.1 Å². The molecule has 2 aromatic carbocycles. The van der Waals surface area contributed by atoms with Crippen molar-refractivity contribution in [3.05, 3.63) is 71.4 Å². The number of hydrogen-bond donors (Lipinski definition) is 1. The van der Waals surface area contributed by atoms with Crippen LogP contribution in [0.3, 0.4) is 0 Å². The highest BCUT2D eigenvalue weighted by Crippen LogP contribution is 2.77. The molecule has 246 valence electrons. The van der Waals surface area contributed by atoms with Gasteiger partial charge in [0.2, 0.25) is 0 Å². The Balaban J connectivity index is 1.16.